The summed E-state index contributed by atoms with van der Waals surface area (Å²) in [5.41, 5.74) is 1.69. The molecule has 0 bridgehead atoms. The molecule has 1 aromatic heterocycles. The lowest BCUT2D eigenvalue weighted by atomic mass is 10.2. The molecule has 0 saturated heterocycles. The monoisotopic (exact) mass is 316 g/mol. The van der Waals surface area contributed by atoms with Crippen molar-refractivity contribution in [2.45, 2.75) is 26.4 Å². The zero-order valence-electron chi connectivity index (χ0n) is 10.6. The zero-order chi connectivity index (χ0) is 14.0. The molecule has 0 spiro atoms. The third kappa shape index (κ3) is 3.60. The third-order valence-corrected chi connectivity index (χ3v) is 4.36. The topological polar surface area (TPSA) is 45.1 Å². The molecular formula is C13H14Cl2N2OS. The van der Waals surface area contributed by atoms with E-state index < -0.39 is 0 Å². The van der Waals surface area contributed by atoms with Gasteiger partial charge in [-0.25, -0.2) is 4.98 Å². The number of nitrogens with one attached hydrogen (secondary N) is 1. The second-order valence-electron chi connectivity index (χ2n) is 4.33. The normalized spacial score (nSPS) is 12.6. The molecule has 6 heteroatoms. The van der Waals surface area contributed by atoms with Crippen LogP contribution in [-0.4, -0.2) is 10.1 Å². The van der Waals surface area contributed by atoms with Crippen LogP contribution in [0.15, 0.2) is 17.5 Å². The van der Waals surface area contributed by atoms with Crippen molar-refractivity contribution < 1.29 is 5.11 Å². The van der Waals surface area contributed by atoms with Crippen LogP contribution < -0.4 is 5.32 Å². The fraction of sp³-hybridized carbons (Fsp3) is 0.308. The average molecular weight is 317 g/mol. The minimum Gasteiger partial charge on any atom is -0.506 e. The Labute approximate surface area is 126 Å². The summed E-state index contributed by atoms with van der Waals surface area (Å²) in [5, 5.41) is 17.0. The number of hydrogen-bond donors (Lipinski definition) is 2. The van der Waals surface area contributed by atoms with Crippen LogP contribution >= 0.6 is 34.5 Å². The molecule has 1 heterocycles. The van der Waals surface area contributed by atoms with E-state index in [1.165, 1.54) is 6.07 Å². The Balaban J connectivity index is 2.06. The van der Waals surface area contributed by atoms with E-state index >= 15 is 0 Å². The average Bonchev–Trinajstić information content (AvgIpc) is 2.78. The standard InChI is InChI=1S/C13H14Cl2N2OS/c1-7-6-19-13(17-7)8(2)16-5-9-3-10(14)4-11(15)12(9)18/h3-4,6,8,16,18H,5H2,1-2H3. The largest absolute Gasteiger partial charge is 0.506 e. The van der Waals surface area contributed by atoms with E-state index in [1.54, 1.807) is 17.4 Å². The number of thiazole rings is 1. The van der Waals surface area contributed by atoms with Gasteiger partial charge in [-0.1, -0.05) is 23.2 Å². The number of phenolic OH excluding ortho intramolecular Hbond substituents is 1. The molecule has 1 aromatic carbocycles. The summed E-state index contributed by atoms with van der Waals surface area (Å²) in [6.45, 7) is 4.47. The van der Waals surface area contributed by atoms with Gasteiger partial charge in [-0.05, 0) is 26.0 Å². The first-order valence-corrected chi connectivity index (χ1v) is 7.43. The molecule has 3 nitrogen and oxygen atoms in total. The van der Waals surface area contributed by atoms with Gasteiger partial charge in [0.1, 0.15) is 10.8 Å². The van der Waals surface area contributed by atoms with Gasteiger partial charge in [-0.2, -0.15) is 0 Å². The molecular weight excluding hydrogens is 303 g/mol. The summed E-state index contributed by atoms with van der Waals surface area (Å²) in [5.74, 6) is 0.0704. The third-order valence-electron chi connectivity index (χ3n) is 2.71. The smallest absolute Gasteiger partial charge is 0.138 e. The fourth-order valence-electron chi connectivity index (χ4n) is 1.68. The van der Waals surface area contributed by atoms with Gasteiger partial charge in [-0.3, -0.25) is 0 Å². The lowest BCUT2D eigenvalue weighted by Crippen LogP contribution is -2.18. The van der Waals surface area contributed by atoms with Crippen molar-refractivity contribution in [1.29, 1.82) is 0 Å². The Morgan fingerprint density at radius 1 is 1.42 bits per heavy atom. The minimum atomic E-state index is 0.0704. The highest BCUT2D eigenvalue weighted by Crippen LogP contribution is 2.31. The Morgan fingerprint density at radius 2 is 2.16 bits per heavy atom. The fourth-order valence-corrected chi connectivity index (χ4v) is 3.04. The number of hydrogen-bond acceptors (Lipinski definition) is 4. The molecule has 0 aliphatic carbocycles. The molecule has 2 N–H and O–H groups in total. The Morgan fingerprint density at radius 3 is 2.79 bits per heavy atom. The van der Waals surface area contributed by atoms with Gasteiger partial charge >= 0.3 is 0 Å². The lowest BCUT2D eigenvalue weighted by molar-refractivity contribution is 0.460. The highest BCUT2D eigenvalue weighted by atomic mass is 35.5. The molecule has 0 saturated carbocycles. The van der Waals surface area contributed by atoms with E-state index in [9.17, 15) is 5.11 Å². The van der Waals surface area contributed by atoms with Crippen LogP contribution in [0.4, 0.5) is 0 Å². The molecule has 0 aliphatic heterocycles. The summed E-state index contributed by atoms with van der Waals surface area (Å²) in [7, 11) is 0. The molecule has 19 heavy (non-hydrogen) atoms. The molecule has 0 radical (unpaired) electrons. The van der Waals surface area contributed by atoms with Gasteiger partial charge in [0.2, 0.25) is 0 Å². The Hall–Kier alpha value is -0.810. The molecule has 2 aromatic rings. The van der Waals surface area contributed by atoms with E-state index in [0.717, 1.165) is 10.7 Å². The number of halogens is 2. The van der Waals surface area contributed by atoms with Crippen molar-refractivity contribution in [3.05, 3.63) is 43.8 Å². The van der Waals surface area contributed by atoms with Crippen LogP contribution in [0.1, 0.15) is 29.2 Å². The van der Waals surface area contributed by atoms with E-state index in [0.29, 0.717) is 17.1 Å². The number of aryl methyl sites for hydroxylation is 1. The van der Waals surface area contributed by atoms with Gasteiger partial charge in [0.05, 0.1) is 11.1 Å². The van der Waals surface area contributed by atoms with Crippen LogP contribution in [0.5, 0.6) is 5.75 Å². The first-order valence-electron chi connectivity index (χ1n) is 5.79. The SMILES string of the molecule is Cc1csc(C(C)NCc2cc(Cl)cc(Cl)c2O)n1. The zero-order valence-corrected chi connectivity index (χ0v) is 12.9. The maximum atomic E-state index is 9.87. The molecule has 1 unspecified atom stereocenters. The number of rotatable bonds is 4. The predicted molar refractivity (Wildman–Crippen MR) is 80.2 cm³/mol. The molecule has 2 rings (SSSR count). The van der Waals surface area contributed by atoms with Crippen molar-refractivity contribution in [3.63, 3.8) is 0 Å². The molecule has 0 aliphatic rings. The number of aromatic nitrogens is 1. The van der Waals surface area contributed by atoms with Crippen LogP contribution in [0, 0.1) is 6.92 Å². The van der Waals surface area contributed by atoms with Gasteiger partial charge in [0.15, 0.2) is 0 Å². The van der Waals surface area contributed by atoms with Crippen molar-refractivity contribution in [3.8, 4) is 5.75 Å². The van der Waals surface area contributed by atoms with Crippen molar-refractivity contribution in [1.82, 2.24) is 10.3 Å². The van der Waals surface area contributed by atoms with Crippen molar-refractivity contribution in [2.24, 2.45) is 0 Å². The number of phenols is 1. The van der Waals surface area contributed by atoms with Crippen molar-refractivity contribution >= 4 is 34.5 Å². The van der Waals surface area contributed by atoms with Crippen molar-refractivity contribution in [2.75, 3.05) is 0 Å². The number of benzene rings is 1. The Bertz CT molecular complexity index is 586. The van der Waals surface area contributed by atoms with E-state index in [4.69, 9.17) is 23.2 Å². The summed E-state index contributed by atoms with van der Waals surface area (Å²) in [4.78, 5) is 4.42. The number of aromatic hydroxyl groups is 1. The first-order chi connectivity index (χ1) is 8.97. The maximum Gasteiger partial charge on any atom is 0.138 e. The van der Waals surface area contributed by atoms with E-state index in [2.05, 4.69) is 10.3 Å². The molecule has 102 valence electrons. The van der Waals surface area contributed by atoms with Gasteiger partial charge in [0, 0.05) is 28.2 Å². The summed E-state index contributed by atoms with van der Waals surface area (Å²) in [6, 6.07) is 3.33. The highest BCUT2D eigenvalue weighted by molar-refractivity contribution is 7.09. The summed E-state index contributed by atoms with van der Waals surface area (Å²) in [6.07, 6.45) is 0. The first kappa shape index (κ1) is 14.6. The van der Waals surface area contributed by atoms with Gasteiger partial charge < -0.3 is 10.4 Å². The highest BCUT2D eigenvalue weighted by Gasteiger charge is 2.12. The van der Waals surface area contributed by atoms with Crippen LogP contribution in [0.2, 0.25) is 10.0 Å². The number of nitrogens with zero attached hydrogens (tertiary/aromatic N) is 1. The summed E-state index contributed by atoms with van der Waals surface area (Å²) < 4.78 is 0. The minimum absolute atomic E-state index is 0.0704. The Kier molecular flexibility index (Phi) is 4.68. The van der Waals surface area contributed by atoms with E-state index in [1.807, 2.05) is 19.2 Å². The summed E-state index contributed by atoms with van der Waals surface area (Å²) >= 11 is 13.4. The molecule has 0 fully saturated rings. The van der Waals surface area contributed by atoms with Gasteiger partial charge in [0.25, 0.3) is 0 Å². The van der Waals surface area contributed by atoms with E-state index in [-0.39, 0.29) is 16.8 Å². The predicted octanol–water partition coefficient (Wildman–Crippen LogP) is 4.31. The molecule has 1 atom stereocenters. The van der Waals surface area contributed by atoms with Crippen LogP contribution in [0.25, 0.3) is 0 Å². The van der Waals surface area contributed by atoms with Crippen LogP contribution in [-0.2, 0) is 6.54 Å². The van der Waals surface area contributed by atoms with Gasteiger partial charge in [-0.15, -0.1) is 11.3 Å². The quantitative estimate of drug-likeness (QED) is 0.883. The lowest BCUT2D eigenvalue weighted by Gasteiger charge is -2.13. The second kappa shape index (κ2) is 6.09. The molecule has 0 amide bonds. The second-order valence-corrected chi connectivity index (χ2v) is 6.06. The maximum absolute atomic E-state index is 9.87. The van der Waals surface area contributed by atoms with Crippen LogP contribution in [0.3, 0.4) is 0 Å².